The lowest BCUT2D eigenvalue weighted by molar-refractivity contribution is -0.133. The second-order valence-electron chi connectivity index (χ2n) is 7.08. The summed E-state index contributed by atoms with van der Waals surface area (Å²) in [5, 5.41) is 4.64. The topological polar surface area (TPSA) is 50.6 Å². The van der Waals surface area contributed by atoms with Gasteiger partial charge in [0.2, 0.25) is 5.91 Å². The van der Waals surface area contributed by atoms with E-state index in [1.165, 1.54) is 18.4 Å². The summed E-state index contributed by atoms with van der Waals surface area (Å²) < 4.78 is 7.89. The molecule has 0 spiro atoms. The fourth-order valence-electron chi connectivity index (χ4n) is 3.08. The molecule has 0 bridgehead atoms. The first-order valence-corrected chi connectivity index (χ1v) is 8.63. The second kappa shape index (κ2) is 7.01. The van der Waals surface area contributed by atoms with Gasteiger partial charge in [0.25, 0.3) is 0 Å². The number of likely N-dealkylation sites (N-methyl/N-ethyl adjacent to an activating group) is 1. The van der Waals surface area contributed by atoms with E-state index in [9.17, 15) is 4.79 Å². The molecule has 1 aromatic heterocycles. The van der Waals surface area contributed by atoms with Gasteiger partial charge in [-0.3, -0.25) is 9.48 Å². The Bertz CT molecular complexity index is 551. The number of rotatable bonds is 7. The molecule has 0 aromatic carbocycles. The highest BCUT2D eigenvalue weighted by Crippen LogP contribution is 2.31. The zero-order valence-corrected chi connectivity index (χ0v) is 14.5. The minimum Gasteiger partial charge on any atom is -0.380 e. The summed E-state index contributed by atoms with van der Waals surface area (Å²) in [7, 11) is 3.85. The number of ether oxygens (including phenoxy) is 1. The Kier molecular flexibility index (Phi) is 5.02. The Morgan fingerprint density at radius 1 is 1.39 bits per heavy atom. The van der Waals surface area contributed by atoms with Crippen molar-refractivity contribution < 1.29 is 9.53 Å². The molecule has 0 radical (unpaired) electrons. The summed E-state index contributed by atoms with van der Waals surface area (Å²) in [6.45, 7) is 6.29. The van der Waals surface area contributed by atoms with Crippen molar-refractivity contribution in [3.8, 4) is 0 Å². The van der Waals surface area contributed by atoms with Gasteiger partial charge in [0.1, 0.15) is 0 Å². The second-order valence-corrected chi connectivity index (χ2v) is 7.08. The minimum atomic E-state index is 0.166. The first kappa shape index (κ1) is 16.5. The summed E-state index contributed by atoms with van der Waals surface area (Å²) in [5.74, 6) is 1.17. The van der Waals surface area contributed by atoms with Crippen molar-refractivity contribution in [2.75, 3.05) is 40.4 Å². The highest BCUT2D eigenvalue weighted by molar-refractivity contribution is 5.78. The molecule has 1 amide bonds. The Balaban J connectivity index is 1.70. The van der Waals surface area contributed by atoms with Gasteiger partial charge in [-0.25, -0.2) is 0 Å². The number of hydrogen-bond donors (Lipinski definition) is 0. The zero-order valence-electron chi connectivity index (χ0n) is 14.5. The first-order valence-electron chi connectivity index (χ1n) is 8.63. The van der Waals surface area contributed by atoms with Crippen LogP contribution >= 0.6 is 0 Å². The molecule has 128 valence electrons. The van der Waals surface area contributed by atoms with Crippen LogP contribution < -0.4 is 0 Å². The number of nitrogens with zero attached hydrogens (tertiary/aromatic N) is 4. The van der Waals surface area contributed by atoms with Crippen LogP contribution in [0.2, 0.25) is 0 Å². The number of amides is 1. The van der Waals surface area contributed by atoms with Crippen molar-refractivity contribution in [2.24, 2.45) is 5.92 Å². The van der Waals surface area contributed by atoms with Gasteiger partial charge in [0.05, 0.1) is 25.4 Å². The molecule has 1 aliphatic carbocycles. The van der Waals surface area contributed by atoms with E-state index in [1.807, 2.05) is 28.6 Å². The van der Waals surface area contributed by atoms with Crippen molar-refractivity contribution in [3.63, 3.8) is 0 Å². The zero-order chi connectivity index (χ0) is 16.4. The lowest BCUT2D eigenvalue weighted by atomic mass is 9.95. The maximum absolute atomic E-state index is 12.4. The fraction of sp³-hybridized carbons (Fsp3) is 0.765. The molecule has 3 rings (SSSR count). The normalized spacial score (nSPS) is 20.9. The van der Waals surface area contributed by atoms with Crippen LogP contribution in [0.3, 0.4) is 0 Å². The van der Waals surface area contributed by atoms with Crippen LogP contribution in [0.15, 0.2) is 6.20 Å². The third-order valence-corrected chi connectivity index (χ3v) is 4.59. The van der Waals surface area contributed by atoms with Gasteiger partial charge in [-0.1, -0.05) is 0 Å². The lowest BCUT2D eigenvalue weighted by Gasteiger charge is -2.32. The van der Waals surface area contributed by atoms with E-state index in [2.05, 4.69) is 18.2 Å². The van der Waals surface area contributed by atoms with Gasteiger partial charge in [-0.15, -0.1) is 0 Å². The molecule has 1 fully saturated rings. The van der Waals surface area contributed by atoms with Crippen molar-refractivity contribution in [1.29, 1.82) is 0 Å². The summed E-state index contributed by atoms with van der Waals surface area (Å²) in [6.07, 6.45) is 4.74. The lowest BCUT2D eigenvalue weighted by Crippen LogP contribution is -2.43. The maximum Gasteiger partial charge on any atom is 0.237 e. The highest BCUT2D eigenvalue weighted by atomic mass is 16.5. The Labute approximate surface area is 138 Å². The van der Waals surface area contributed by atoms with E-state index in [4.69, 9.17) is 4.74 Å². The molecule has 2 heterocycles. The van der Waals surface area contributed by atoms with Crippen LogP contribution in [0.25, 0.3) is 0 Å². The smallest absolute Gasteiger partial charge is 0.237 e. The van der Waals surface area contributed by atoms with Crippen LogP contribution in [0.1, 0.15) is 36.9 Å². The predicted octanol–water partition coefficient (Wildman–Crippen LogP) is 1.32. The molecule has 1 saturated carbocycles. The van der Waals surface area contributed by atoms with Gasteiger partial charge >= 0.3 is 0 Å². The molecule has 0 N–H and O–H groups in total. The van der Waals surface area contributed by atoms with Crippen molar-refractivity contribution in [2.45, 2.75) is 38.8 Å². The van der Waals surface area contributed by atoms with Crippen LogP contribution in [0.5, 0.6) is 0 Å². The van der Waals surface area contributed by atoms with Crippen molar-refractivity contribution >= 4 is 5.91 Å². The summed E-state index contributed by atoms with van der Waals surface area (Å²) in [4.78, 5) is 16.3. The molecule has 0 unspecified atom stereocenters. The molecule has 1 atom stereocenters. The molecule has 6 heteroatoms. The third-order valence-electron chi connectivity index (χ3n) is 4.59. The van der Waals surface area contributed by atoms with E-state index in [1.54, 1.807) is 0 Å². The Hall–Kier alpha value is -1.40. The quantitative estimate of drug-likeness (QED) is 0.760. The number of aromatic nitrogens is 2. The van der Waals surface area contributed by atoms with E-state index in [0.29, 0.717) is 19.7 Å². The van der Waals surface area contributed by atoms with E-state index < -0.39 is 0 Å². The van der Waals surface area contributed by atoms with Gasteiger partial charge in [-0.05, 0) is 39.8 Å². The number of hydrogen-bond acceptors (Lipinski definition) is 4. The highest BCUT2D eigenvalue weighted by Gasteiger charge is 2.31. The Morgan fingerprint density at radius 3 is 2.83 bits per heavy atom. The number of fused-ring (bicyclic) bond motifs is 1. The Morgan fingerprint density at radius 2 is 2.17 bits per heavy atom. The van der Waals surface area contributed by atoms with Crippen LogP contribution in [-0.4, -0.2) is 65.9 Å². The van der Waals surface area contributed by atoms with Crippen LogP contribution in [0, 0.1) is 5.92 Å². The summed E-state index contributed by atoms with van der Waals surface area (Å²) in [6, 6.07) is 0. The average molecular weight is 320 g/mol. The monoisotopic (exact) mass is 320 g/mol. The molecule has 1 aliphatic heterocycles. The minimum absolute atomic E-state index is 0.166. The van der Waals surface area contributed by atoms with Gasteiger partial charge < -0.3 is 14.5 Å². The molecule has 2 aliphatic rings. The van der Waals surface area contributed by atoms with Crippen LogP contribution in [-0.2, 0) is 22.6 Å². The molecule has 0 saturated heterocycles. The van der Waals surface area contributed by atoms with Crippen molar-refractivity contribution in [1.82, 2.24) is 19.6 Å². The summed E-state index contributed by atoms with van der Waals surface area (Å²) >= 11 is 0. The fourth-order valence-corrected chi connectivity index (χ4v) is 3.08. The third kappa shape index (κ3) is 4.12. The van der Waals surface area contributed by atoms with Gasteiger partial charge in [0, 0.05) is 37.4 Å². The SMILES string of the molecule is CCn1cc2c(n1)CN(C(=O)CN(C)C)C[C@H]2COCC1CC1. The average Bonchev–Trinajstić information content (AvgIpc) is 3.23. The predicted molar refractivity (Wildman–Crippen MR) is 88.2 cm³/mol. The summed E-state index contributed by atoms with van der Waals surface area (Å²) in [5.41, 5.74) is 2.29. The van der Waals surface area contributed by atoms with E-state index in [0.717, 1.165) is 31.3 Å². The van der Waals surface area contributed by atoms with Gasteiger partial charge in [0.15, 0.2) is 0 Å². The van der Waals surface area contributed by atoms with Crippen LogP contribution in [0.4, 0.5) is 0 Å². The molecule has 6 nitrogen and oxygen atoms in total. The maximum atomic E-state index is 12.4. The molecule has 1 aromatic rings. The van der Waals surface area contributed by atoms with E-state index in [-0.39, 0.29) is 11.8 Å². The van der Waals surface area contributed by atoms with E-state index >= 15 is 0 Å². The number of aryl methyl sites for hydroxylation is 1. The largest absolute Gasteiger partial charge is 0.380 e. The molecule has 23 heavy (non-hydrogen) atoms. The first-order chi connectivity index (χ1) is 11.1. The van der Waals surface area contributed by atoms with Gasteiger partial charge in [-0.2, -0.15) is 5.10 Å². The molecular weight excluding hydrogens is 292 g/mol. The standard InChI is InChI=1S/C17H28N4O2/c1-4-21-8-15-14(12-23-11-13-5-6-13)7-20(9-16(15)18-21)17(22)10-19(2)3/h8,13-14H,4-7,9-12H2,1-3H3/t14-/m0/s1. The van der Waals surface area contributed by atoms with Crippen molar-refractivity contribution in [3.05, 3.63) is 17.5 Å². The number of carbonyl (C=O) groups is 1. The molecular formula is C17H28N4O2. The number of carbonyl (C=O) groups excluding carboxylic acids is 1.